The molecule has 1 unspecified atom stereocenters. The van der Waals surface area contributed by atoms with Crippen molar-refractivity contribution in [3.05, 3.63) is 65.0 Å². The average molecular weight is 300 g/mol. The van der Waals surface area contributed by atoms with Crippen molar-refractivity contribution in [2.45, 2.75) is 5.54 Å². The molecule has 0 radical (unpaired) electrons. The first kappa shape index (κ1) is 14.9. The Morgan fingerprint density at radius 2 is 1.52 bits per heavy atom. The molecular formula is C13H8F4N2O2. The lowest BCUT2D eigenvalue weighted by Crippen LogP contribution is -2.48. The topological polar surface area (TPSA) is 76.2 Å². The van der Waals surface area contributed by atoms with Gasteiger partial charge in [-0.1, -0.05) is 30.3 Å². The Balaban J connectivity index is 2.86. The molecule has 1 heterocycles. The minimum absolute atomic E-state index is 0.250. The molecule has 0 amide bonds. The highest BCUT2D eigenvalue weighted by molar-refractivity contribution is 5.85. The van der Waals surface area contributed by atoms with Gasteiger partial charge in [0.15, 0.2) is 17.2 Å². The van der Waals surface area contributed by atoms with Crippen LogP contribution >= 0.6 is 0 Å². The summed E-state index contributed by atoms with van der Waals surface area (Å²) in [5, 5.41) is 9.25. The van der Waals surface area contributed by atoms with Crippen molar-refractivity contribution < 1.29 is 27.5 Å². The quantitative estimate of drug-likeness (QED) is 0.671. The van der Waals surface area contributed by atoms with E-state index in [4.69, 9.17) is 5.73 Å². The number of carboxylic acid groups (broad SMARTS) is 1. The number of carbonyl (C=O) groups is 1. The van der Waals surface area contributed by atoms with Crippen LogP contribution in [-0.4, -0.2) is 16.1 Å². The van der Waals surface area contributed by atoms with Gasteiger partial charge in [-0.25, -0.2) is 13.6 Å². The van der Waals surface area contributed by atoms with Crippen LogP contribution in [0.5, 0.6) is 0 Å². The van der Waals surface area contributed by atoms with Gasteiger partial charge in [0, 0.05) is 0 Å². The Morgan fingerprint density at radius 3 is 1.95 bits per heavy atom. The first-order chi connectivity index (χ1) is 9.80. The molecule has 3 N–H and O–H groups in total. The molecule has 0 fully saturated rings. The third-order valence-electron chi connectivity index (χ3n) is 2.96. The zero-order chi connectivity index (χ0) is 15.8. The molecule has 110 valence electrons. The second kappa shape index (κ2) is 5.13. The van der Waals surface area contributed by atoms with Gasteiger partial charge in [-0.15, -0.1) is 0 Å². The SMILES string of the molecule is NC(C(=O)O)(c1ccccc1)c1c(F)c(F)nc(F)c1F. The molecule has 2 rings (SSSR count). The maximum atomic E-state index is 13.8. The van der Waals surface area contributed by atoms with E-state index >= 15 is 0 Å². The van der Waals surface area contributed by atoms with Crippen molar-refractivity contribution in [1.82, 2.24) is 4.98 Å². The van der Waals surface area contributed by atoms with Crippen molar-refractivity contribution in [2.75, 3.05) is 0 Å². The van der Waals surface area contributed by atoms with Gasteiger partial charge in [-0.05, 0) is 5.56 Å². The molecule has 0 spiro atoms. The Kier molecular flexibility index (Phi) is 3.65. The first-order valence-corrected chi connectivity index (χ1v) is 5.58. The number of pyridine rings is 1. The van der Waals surface area contributed by atoms with E-state index in [-0.39, 0.29) is 5.56 Å². The van der Waals surface area contributed by atoms with Crippen LogP contribution in [0.3, 0.4) is 0 Å². The number of benzene rings is 1. The van der Waals surface area contributed by atoms with E-state index in [9.17, 15) is 27.5 Å². The van der Waals surface area contributed by atoms with Gasteiger partial charge >= 0.3 is 5.97 Å². The third kappa shape index (κ3) is 2.23. The summed E-state index contributed by atoms with van der Waals surface area (Å²) < 4.78 is 54.0. The van der Waals surface area contributed by atoms with Gasteiger partial charge < -0.3 is 10.8 Å². The predicted molar refractivity (Wildman–Crippen MR) is 63.1 cm³/mol. The number of aliphatic carboxylic acids is 1. The lowest BCUT2D eigenvalue weighted by Gasteiger charge is -2.26. The van der Waals surface area contributed by atoms with Crippen molar-refractivity contribution >= 4 is 5.97 Å². The van der Waals surface area contributed by atoms with Crippen molar-refractivity contribution in [1.29, 1.82) is 0 Å². The maximum Gasteiger partial charge on any atom is 0.333 e. The number of carboxylic acids is 1. The van der Waals surface area contributed by atoms with E-state index in [1.54, 1.807) is 0 Å². The Morgan fingerprint density at radius 1 is 1.05 bits per heavy atom. The predicted octanol–water partition coefficient (Wildman–Crippen LogP) is 1.92. The molecule has 1 aromatic heterocycles. The highest BCUT2D eigenvalue weighted by atomic mass is 19.2. The fourth-order valence-corrected chi connectivity index (χ4v) is 1.91. The van der Waals surface area contributed by atoms with Crippen molar-refractivity contribution in [3.8, 4) is 0 Å². The summed E-state index contributed by atoms with van der Waals surface area (Å²) >= 11 is 0. The van der Waals surface area contributed by atoms with Crippen LogP contribution in [0.2, 0.25) is 0 Å². The first-order valence-electron chi connectivity index (χ1n) is 5.58. The van der Waals surface area contributed by atoms with Crippen LogP contribution < -0.4 is 5.73 Å². The average Bonchev–Trinajstić information content (AvgIpc) is 2.46. The highest BCUT2D eigenvalue weighted by Crippen LogP contribution is 2.32. The summed E-state index contributed by atoms with van der Waals surface area (Å²) in [5.74, 6) is -9.74. The van der Waals surface area contributed by atoms with Crippen molar-refractivity contribution in [2.24, 2.45) is 5.73 Å². The summed E-state index contributed by atoms with van der Waals surface area (Å²) in [5.41, 5.74) is 1.07. The number of hydrogen-bond acceptors (Lipinski definition) is 3. The van der Waals surface area contributed by atoms with Crippen molar-refractivity contribution in [3.63, 3.8) is 0 Å². The zero-order valence-electron chi connectivity index (χ0n) is 10.3. The number of hydrogen-bond donors (Lipinski definition) is 2. The molecule has 0 saturated carbocycles. The number of aromatic nitrogens is 1. The van der Waals surface area contributed by atoms with E-state index in [0.29, 0.717) is 0 Å². The smallest absolute Gasteiger partial charge is 0.333 e. The van der Waals surface area contributed by atoms with Gasteiger partial charge in [-0.2, -0.15) is 13.8 Å². The Labute approximate surface area is 115 Å². The molecule has 8 heteroatoms. The van der Waals surface area contributed by atoms with Gasteiger partial charge in [-0.3, -0.25) is 0 Å². The fraction of sp³-hybridized carbons (Fsp3) is 0.0769. The lowest BCUT2D eigenvalue weighted by molar-refractivity contribution is -0.142. The van der Waals surface area contributed by atoms with Gasteiger partial charge in [0.25, 0.3) is 11.9 Å². The molecule has 0 aliphatic heterocycles. The summed E-state index contributed by atoms with van der Waals surface area (Å²) in [6.45, 7) is 0. The van der Waals surface area contributed by atoms with E-state index < -0.39 is 40.6 Å². The zero-order valence-corrected chi connectivity index (χ0v) is 10.3. The van der Waals surface area contributed by atoms with Gasteiger partial charge in [0.2, 0.25) is 0 Å². The fourth-order valence-electron chi connectivity index (χ4n) is 1.91. The maximum absolute atomic E-state index is 13.8. The normalized spacial score (nSPS) is 13.8. The lowest BCUT2D eigenvalue weighted by atomic mass is 9.83. The Hall–Kier alpha value is -2.48. The van der Waals surface area contributed by atoms with Crippen LogP contribution in [0, 0.1) is 23.5 Å². The number of rotatable bonds is 3. The molecule has 21 heavy (non-hydrogen) atoms. The van der Waals surface area contributed by atoms with Gasteiger partial charge in [0.1, 0.15) is 0 Å². The number of nitrogens with zero attached hydrogens (tertiary/aromatic N) is 1. The van der Waals surface area contributed by atoms with Crippen LogP contribution in [0.25, 0.3) is 0 Å². The van der Waals surface area contributed by atoms with E-state index in [1.165, 1.54) is 30.3 Å². The largest absolute Gasteiger partial charge is 0.479 e. The van der Waals surface area contributed by atoms with E-state index in [0.717, 1.165) is 0 Å². The molecule has 1 atom stereocenters. The molecule has 0 aliphatic carbocycles. The van der Waals surface area contributed by atoms with Crippen LogP contribution in [0.15, 0.2) is 30.3 Å². The number of halogens is 4. The molecule has 0 saturated heterocycles. The molecule has 0 aliphatic rings. The second-order valence-electron chi connectivity index (χ2n) is 4.18. The standard InChI is InChI=1S/C13H8F4N2O2/c14-8-7(9(15)11(17)19-10(8)16)13(18,12(20)21)6-4-2-1-3-5-6/h1-5H,18H2,(H,20,21). The van der Waals surface area contributed by atoms with E-state index in [1.807, 2.05) is 0 Å². The molecule has 0 bridgehead atoms. The van der Waals surface area contributed by atoms with Crippen LogP contribution in [-0.2, 0) is 10.3 Å². The monoisotopic (exact) mass is 300 g/mol. The van der Waals surface area contributed by atoms with Crippen LogP contribution in [0.1, 0.15) is 11.1 Å². The van der Waals surface area contributed by atoms with E-state index in [2.05, 4.69) is 4.98 Å². The number of nitrogens with two attached hydrogens (primary N) is 1. The third-order valence-corrected chi connectivity index (χ3v) is 2.96. The van der Waals surface area contributed by atoms with Crippen LogP contribution in [0.4, 0.5) is 17.6 Å². The molecule has 1 aromatic carbocycles. The second-order valence-corrected chi connectivity index (χ2v) is 4.18. The highest BCUT2D eigenvalue weighted by Gasteiger charge is 2.45. The summed E-state index contributed by atoms with van der Waals surface area (Å²) in [6.07, 6.45) is 0. The summed E-state index contributed by atoms with van der Waals surface area (Å²) in [7, 11) is 0. The summed E-state index contributed by atoms with van der Waals surface area (Å²) in [6, 6.07) is 6.58. The summed E-state index contributed by atoms with van der Waals surface area (Å²) in [4.78, 5) is 13.8. The minimum Gasteiger partial charge on any atom is -0.479 e. The minimum atomic E-state index is -2.81. The molecular weight excluding hydrogens is 292 g/mol. The van der Waals surface area contributed by atoms with Gasteiger partial charge in [0.05, 0.1) is 5.56 Å². The Bertz CT molecular complexity index is 683. The molecule has 2 aromatic rings. The molecule has 4 nitrogen and oxygen atoms in total.